The minimum Gasteiger partial charge on any atom is -0.495 e. The van der Waals surface area contributed by atoms with Crippen LogP contribution in [0.5, 0.6) is 5.75 Å². The fourth-order valence-electron chi connectivity index (χ4n) is 1.64. The Morgan fingerprint density at radius 3 is 2.70 bits per heavy atom. The van der Waals surface area contributed by atoms with E-state index in [0.29, 0.717) is 27.7 Å². The Bertz CT molecular complexity index is 662. The number of hydrogen-bond acceptors (Lipinski definition) is 3. The molecule has 0 atom stereocenters. The van der Waals surface area contributed by atoms with E-state index >= 15 is 0 Å². The Labute approximate surface area is 130 Å². The number of benzene rings is 2. The van der Waals surface area contributed by atoms with Gasteiger partial charge < -0.3 is 15.8 Å². The molecule has 2 rings (SSSR count). The van der Waals surface area contributed by atoms with Gasteiger partial charge in [0.15, 0.2) is 0 Å². The van der Waals surface area contributed by atoms with Crippen molar-refractivity contribution in [3.05, 3.63) is 51.5 Å². The number of carbonyl (C=O) groups is 1. The first-order valence-electron chi connectivity index (χ1n) is 5.71. The molecule has 0 aromatic heterocycles. The van der Waals surface area contributed by atoms with Crippen LogP contribution in [0.25, 0.3) is 0 Å². The van der Waals surface area contributed by atoms with Crippen LogP contribution >= 0.6 is 27.5 Å². The van der Waals surface area contributed by atoms with Crippen LogP contribution in [0.3, 0.4) is 0 Å². The molecule has 0 radical (unpaired) electrons. The molecule has 104 valence electrons. The number of carbonyl (C=O) groups excluding carboxylic acids is 1. The third-order valence-electron chi connectivity index (χ3n) is 2.67. The molecule has 2 aromatic carbocycles. The van der Waals surface area contributed by atoms with E-state index in [-0.39, 0.29) is 5.91 Å². The molecule has 20 heavy (non-hydrogen) atoms. The quantitative estimate of drug-likeness (QED) is 0.820. The van der Waals surface area contributed by atoms with Crippen LogP contribution in [-0.2, 0) is 0 Å². The van der Waals surface area contributed by atoms with Crippen LogP contribution < -0.4 is 15.8 Å². The average molecular weight is 356 g/mol. The molecule has 0 aliphatic rings. The smallest absolute Gasteiger partial charge is 0.255 e. The summed E-state index contributed by atoms with van der Waals surface area (Å²) in [5.41, 5.74) is 7.17. The van der Waals surface area contributed by atoms with Crippen molar-refractivity contribution in [2.75, 3.05) is 18.2 Å². The standard InChI is InChI=1S/C14H12BrClN2O2/c1-20-13-6-8(2-4-11(13)17)14(19)18-12-5-3-9(15)7-10(12)16/h2-7H,17H2,1H3,(H,18,19). The van der Waals surface area contributed by atoms with Crippen LogP contribution in [0, 0.1) is 0 Å². The van der Waals surface area contributed by atoms with Crippen LogP contribution in [0.1, 0.15) is 10.4 Å². The molecule has 6 heteroatoms. The van der Waals surface area contributed by atoms with Gasteiger partial charge in [0.25, 0.3) is 5.91 Å². The van der Waals surface area contributed by atoms with E-state index in [9.17, 15) is 4.79 Å². The molecule has 0 saturated carbocycles. The SMILES string of the molecule is COc1cc(C(=O)Nc2ccc(Br)cc2Cl)ccc1N. The average Bonchev–Trinajstić information content (AvgIpc) is 2.42. The summed E-state index contributed by atoms with van der Waals surface area (Å²) in [6.07, 6.45) is 0. The van der Waals surface area contributed by atoms with Crippen molar-refractivity contribution in [2.45, 2.75) is 0 Å². The highest BCUT2D eigenvalue weighted by atomic mass is 79.9. The summed E-state index contributed by atoms with van der Waals surface area (Å²) in [5.74, 6) is 0.173. The summed E-state index contributed by atoms with van der Waals surface area (Å²) in [6.45, 7) is 0. The largest absolute Gasteiger partial charge is 0.495 e. The lowest BCUT2D eigenvalue weighted by atomic mass is 10.1. The van der Waals surface area contributed by atoms with E-state index in [1.165, 1.54) is 7.11 Å². The van der Waals surface area contributed by atoms with Crippen LogP contribution in [0.15, 0.2) is 40.9 Å². The van der Waals surface area contributed by atoms with Crippen molar-refractivity contribution < 1.29 is 9.53 Å². The molecule has 0 unspecified atom stereocenters. The van der Waals surface area contributed by atoms with E-state index < -0.39 is 0 Å². The minimum atomic E-state index is -0.285. The number of nitrogens with two attached hydrogens (primary N) is 1. The predicted molar refractivity (Wildman–Crippen MR) is 84.5 cm³/mol. The molecule has 2 aromatic rings. The predicted octanol–water partition coefficient (Wildman–Crippen LogP) is 3.95. The maximum Gasteiger partial charge on any atom is 0.255 e. The van der Waals surface area contributed by atoms with E-state index in [4.69, 9.17) is 22.1 Å². The first-order chi connectivity index (χ1) is 9.51. The van der Waals surface area contributed by atoms with Gasteiger partial charge in [0.05, 0.1) is 23.5 Å². The lowest BCUT2D eigenvalue weighted by molar-refractivity contribution is 0.102. The van der Waals surface area contributed by atoms with Crippen molar-refractivity contribution in [3.63, 3.8) is 0 Å². The number of hydrogen-bond donors (Lipinski definition) is 2. The van der Waals surface area contributed by atoms with E-state index in [1.54, 1.807) is 36.4 Å². The summed E-state index contributed by atoms with van der Waals surface area (Å²) < 4.78 is 5.93. The van der Waals surface area contributed by atoms with Crippen LogP contribution in [0.2, 0.25) is 5.02 Å². The zero-order valence-corrected chi connectivity index (χ0v) is 13.0. The van der Waals surface area contributed by atoms with Crippen molar-refractivity contribution in [1.82, 2.24) is 0 Å². The molecule has 4 nitrogen and oxygen atoms in total. The molecule has 0 spiro atoms. The Balaban J connectivity index is 2.24. The lowest BCUT2D eigenvalue weighted by Gasteiger charge is -2.09. The third-order valence-corrected chi connectivity index (χ3v) is 3.48. The molecule has 0 aliphatic heterocycles. The monoisotopic (exact) mass is 354 g/mol. The lowest BCUT2D eigenvalue weighted by Crippen LogP contribution is -2.12. The van der Waals surface area contributed by atoms with E-state index in [1.807, 2.05) is 0 Å². The van der Waals surface area contributed by atoms with Gasteiger partial charge >= 0.3 is 0 Å². The number of ether oxygens (including phenoxy) is 1. The summed E-state index contributed by atoms with van der Waals surface area (Å²) in [4.78, 5) is 12.2. The molecule has 0 aliphatic carbocycles. The van der Waals surface area contributed by atoms with Crippen LogP contribution in [0.4, 0.5) is 11.4 Å². The number of rotatable bonds is 3. The maximum absolute atomic E-state index is 12.2. The first kappa shape index (κ1) is 14.7. The Morgan fingerprint density at radius 1 is 1.30 bits per heavy atom. The maximum atomic E-state index is 12.2. The zero-order valence-electron chi connectivity index (χ0n) is 10.6. The molecular weight excluding hydrogens is 344 g/mol. The van der Waals surface area contributed by atoms with Crippen molar-refractivity contribution in [1.29, 1.82) is 0 Å². The number of amides is 1. The second-order valence-corrected chi connectivity index (χ2v) is 5.36. The molecule has 0 fully saturated rings. The van der Waals surface area contributed by atoms with Gasteiger partial charge in [-0.1, -0.05) is 27.5 Å². The second-order valence-electron chi connectivity index (χ2n) is 4.04. The van der Waals surface area contributed by atoms with Gasteiger partial charge in [-0.3, -0.25) is 4.79 Å². The fourth-order valence-corrected chi connectivity index (χ4v) is 2.36. The molecule has 0 bridgehead atoms. The Hall–Kier alpha value is -1.72. The molecular formula is C14H12BrClN2O2. The zero-order chi connectivity index (χ0) is 14.7. The van der Waals surface area contributed by atoms with Crippen molar-refractivity contribution in [3.8, 4) is 5.75 Å². The van der Waals surface area contributed by atoms with E-state index in [0.717, 1.165) is 4.47 Å². The Kier molecular flexibility index (Phi) is 4.52. The molecule has 3 N–H and O–H groups in total. The van der Waals surface area contributed by atoms with Crippen molar-refractivity contribution >= 4 is 44.8 Å². The molecule has 1 amide bonds. The van der Waals surface area contributed by atoms with Crippen molar-refractivity contribution in [2.24, 2.45) is 0 Å². The summed E-state index contributed by atoms with van der Waals surface area (Å²) in [6, 6.07) is 10.1. The Morgan fingerprint density at radius 2 is 2.05 bits per heavy atom. The van der Waals surface area contributed by atoms with Gasteiger partial charge in [0.2, 0.25) is 0 Å². The van der Waals surface area contributed by atoms with Crippen LogP contribution in [-0.4, -0.2) is 13.0 Å². The van der Waals surface area contributed by atoms with E-state index in [2.05, 4.69) is 21.2 Å². The number of nitrogen functional groups attached to an aromatic ring is 1. The minimum absolute atomic E-state index is 0.285. The number of anilines is 2. The third kappa shape index (κ3) is 3.23. The summed E-state index contributed by atoms with van der Waals surface area (Å²) >= 11 is 9.36. The van der Waals surface area contributed by atoms with Gasteiger partial charge in [-0.25, -0.2) is 0 Å². The fraction of sp³-hybridized carbons (Fsp3) is 0.0714. The van der Waals surface area contributed by atoms with Gasteiger partial charge in [0.1, 0.15) is 5.75 Å². The highest BCUT2D eigenvalue weighted by Gasteiger charge is 2.11. The molecule has 0 heterocycles. The van der Waals surface area contributed by atoms with Gasteiger partial charge in [0, 0.05) is 10.0 Å². The number of methoxy groups -OCH3 is 1. The number of nitrogens with one attached hydrogen (secondary N) is 1. The first-order valence-corrected chi connectivity index (χ1v) is 6.88. The van der Waals surface area contributed by atoms with Gasteiger partial charge in [-0.2, -0.15) is 0 Å². The van der Waals surface area contributed by atoms with Gasteiger partial charge in [-0.05, 0) is 36.4 Å². The topological polar surface area (TPSA) is 64.3 Å². The molecule has 0 saturated heterocycles. The normalized spacial score (nSPS) is 10.2. The summed E-state index contributed by atoms with van der Waals surface area (Å²) in [5, 5.41) is 3.19. The number of halogens is 2. The van der Waals surface area contributed by atoms with Gasteiger partial charge in [-0.15, -0.1) is 0 Å². The highest BCUT2D eigenvalue weighted by Crippen LogP contribution is 2.27. The summed E-state index contributed by atoms with van der Waals surface area (Å²) in [7, 11) is 1.50. The second kappa shape index (κ2) is 6.15. The highest BCUT2D eigenvalue weighted by molar-refractivity contribution is 9.10.